The van der Waals surface area contributed by atoms with Crippen LogP contribution in [0.15, 0.2) is 42.7 Å². The van der Waals surface area contributed by atoms with Crippen LogP contribution in [0.25, 0.3) is 0 Å². The Morgan fingerprint density at radius 2 is 2.32 bits per heavy atom. The molecule has 22 heavy (non-hydrogen) atoms. The van der Waals surface area contributed by atoms with E-state index >= 15 is 0 Å². The zero-order chi connectivity index (χ0) is 15.4. The van der Waals surface area contributed by atoms with Crippen LogP contribution in [0.5, 0.6) is 11.5 Å². The minimum Gasteiger partial charge on any atom is -0.455 e. The lowest BCUT2D eigenvalue weighted by Gasteiger charge is -2.13. The summed E-state index contributed by atoms with van der Waals surface area (Å²) in [5.74, 6) is 1.47. The molecule has 5 heteroatoms. The van der Waals surface area contributed by atoms with Crippen molar-refractivity contribution in [1.82, 2.24) is 10.3 Å². The average Bonchev–Trinajstić information content (AvgIpc) is 3.05. The Morgan fingerprint density at radius 3 is 3.00 bits per heavy atom. The van der Waals surface area contributed by atoms with E-state index in [2.05, 4.69) is 15.6 Å². The van der Waals surface area contributed by atoms with E-state index in [1.54, 1.807) is 12.4 Å². The van der Waals surface area contributed by atoms with E-state index in [4.69, 9.17) is 4.74 Å². The lowest BCUT2D eigenvalue weighted by Crippen LogP contribution is -2.35. The molecule has 5 nitrogen and oxygen atoms in total. The molecule has 0 saturated carbocycles. The SMILES string of the molecule is Cc1cc(NC(=O)[C@H]2CCCN2)ccc1Oc1cccnc1. The Labute approximate surface area is 129 Å². The number of nitrogens with zero attached hydrogens (tertiary/aromatic N) is 1. The number of hydrogen-bond donors (Lipinski definition) is 2. The molecule has 0 aliphatic carbocycles. The number of ether oxygens (including phenoxy) is 1. The third-order valence-electron chi connectivity index (χ3n) is 3.68. The Bertz CT molecular complexity index is 652. The van der Waals surface area contributed by atoms with Gasteiger partial charge in [-0.1, -0.05) is 0 Å². The molecule has 1 aliphatic rings. The zero-order valence-corrected chi connectivity index (χ0v) is 12.5. The standard InChI is InChI=1S/C17H19N3O2/c1-12-10-13(20-17(21)15-5-3-9-19-15)6-7-16(12)22-14-4-2-8-18-11-14/h2,4,6-8,10-11,15,19H,3,5,9H2,1H3,(H,20,21)/t15-/m1/s1. The normalized spacial score (nSPS) is 17.2. The van der Waals surface area contributed by atoms with Crippen LogP contribution in [0.3, 0.4) is 0 Å². The Kier molecular flexibility index (Phi) is 4.34. The first-order valence-corrected chi connectivity index (χ1v) is 7.45. The molecule has 0 unspecified atom stereocenters. The highest BCUT2D eigenvalue weighted by Crippen LogP contribution is 2.27. The quantitative estimate of drug-likeness (QED) is 0.911. The van der Waals surface area contributed by atoms with Crippen molar-refractivity contribution in [3.05, 3.63) is 48.3 Å². The summed E-state index contributed by atoms with van der Waals surface area (Å²) in [6, 6.07) is 9.23. The van der Waals surface area contributed by atoms with Gasteiger partial charge in [0.25, 0.3) is 0 Å². The van der Waals surface area contributed by atoms with Gasteiger partial charge in [0.1, 0.15) is 11.5 Å². The van der Waals surface area contributed by atoms with Gasteiger partial charge in [0.2, 0.25) is 5.91 Å². The van der Waals surface area contributed by atoms with Gasteiger partial charge in [-0.05, 0) is 62.2 Å². The van der Waals surface area contributed by atoms with Crippen LogP contribution in [0.4, 0.5) is 5.69 Å². The van der Waals surface area contributed by atoms with Crippen molar-refractivity contribution in [2.45, 2.75) is 25.8 Å². The molecule has 3 rings (SSSR count). The fraction of sp³-hybridized carbons (Fsp3) is 0.294. The van der Waals surface area contributed by atoms with Gasteiger partial charge < -0.3 is 15.4 Å². The number of pyridine rings is 1. The Morgan fingerprint density at radius 1 is 1.41 bits per heavy atom. The van der Waals surface area contributed by atoms with Crippen molar-refractivity contribution in [1.29, 1.82) is 0 Å². The van der Waals surface area contributed by atoms with Gasteiger partial charge in [0.15, 0.2) is 0 Å². The van der Waals surface area contributed by atoms with Crippen molar-refractivity contribution in [2.24, 2.45) is 0 Å². The van der Waals surface area contributed by atoms with E-state index in [0.717, 1.165) is 36.4 Å². The summed E-state index contributed by atoms with van der Waals surface area (Å²) in [6.07, 6.45) is 5.32. The maximum atomic E-state index is 12.1. The molecule has 1 fully saturated rings. The molecule has 2 heterocycles. The van der Waals surface area contributed by atoms with E-state index in [0.29, 0.717) is 5.75 Å². The molecule has 1 saturated heterocycles. The molecule has 1 atom stereocenters. The summed E-state index contributed by atoms with van der Waals surface area (Å²) in [7, 11) is 0. The maximum Gasteiger partial charge on any atom is 0.241 e. The second-order valence-corrected chi connectivity index (χ2v) is 5.41. The van der Waals surface area contributed by atoms with E-state index in [9.17, 15) is 4.79 Å². The van der Waals surface area contributed by atoms with E-state index < -0.39 is 0 Å². The number of aromatic nitrogens is 1. The van der Waals surface area contributed by atoms with Crippen LogP contribution in [0.1, 0.15) is 18.4 Å². The van der Waals surface area contributed by atoms with Gasteiger partial charge in [0.05, 0.1) is 12.2 Å². The van der Waals surface area contributed by atoms with Crippen molar-refractivity contribution in [3.8, 4) is 11.5 Å². The van der Waals surface area contributed by atoms with E-state index in [1.807, 2.05) is 37.3 Å². The number of anilines is 1. The highest BCUT2D eigenvalue weighted by molar-refractivity contribution is 5.95. The smallest absolute Gasteiger partial charge is 0.241 e. The van der Waals surface area contributed by atoms with Crippen molar-refractivity contribution >= 4 is 11.6 Å². The third-order valence-corrected chi connectivity index (χ3v) is 3.68. The van der Waals surface area contributed by atoms with Crippen LogP contribution in [-0.2, 0) is 4.79 Å². The number of nitrogens with one attached hydrogen (secondary N) is 2. The fourth-order valence-corrected chi connectivity index (χ4v) is 2.51. The number of hydrogen-bond acceptors (Lipinski definition) is 4. The first-order valence-electron chi connectivity index (χ1n) is 7.45. The number of amides is 1. The molecule has 0 spiro atoms. The minimum absolute atomic E-state index is 0.0258. The zero-order valence-electron chi connectivity index (χ0n) is 12.5. The van der Waals surface area contributed by atoms with Crippen molar-refractivity contribution < 1.29 is 9.53 Å². The molecule has 0 radical (unpaired) electrons. The summed E-state index contributed by atoms with van der Waals surface area (Å²) >= 11 is 0. The monoisotopic (exact) mass is 297 g/mol. The van der Waals surface area contributed by atoms with Crippen LogP contribution in [0, 0.1) is 6.92 Å². The second-order valence-electron chi connectivity index (χ2n) is 5.41. The van der Waals surface area contributed by atoms with Gasteiger partial charge in [0, 0.05) is 11.9 Å². The molecule has 1 aliphatic heterocycles. The fourth-order valence-electron chi connectivity index (χ4n) is 2.51. The van der Waals surface area contributed by atoms with E-state index in [1.165, 1.54) is 0 Å². The van der Waals surface area contributed by atoms with Crippen LogP contribution in [0.2, 0.25) is 0 Å². The Balaban J connectivity index is 1.68. The minimum atomic E-state index is -0.0772. The summed E-state index contributed by atoms with van der Waals surface area (Å²) in [6.45, 7) is 2.87. The van der Waals surface area contributed by atoms with Gasteiger partial charge in [-0.3, -0.25) is 9.78 Å². The topological polar surface area (TPSA) is 63.2 Å². The lowest BCUT2D eigenvalue weighted by molar-refractivity contribution is -0.117. The van der Waals surface area contributed by atoms with Gasteiger partial charge in [-0.2, -0.15) is 0 Å². The number of aryl methyl sites for hydroxylation is 1. The van der Waals surface area contributed by atoms with Crippen molar-refractivity contribution in [2.75, 3.05) is 11.9 Å². The highest BCUT2D eigenvalue weighted by atomic mass is 16.5. The molecular formula is C17H19N3O2. The van der Waals surface area contributed by atoms with Gasteiger partial charge in [-0.15, -0.1) is 0 Å². The number of carbonyl (C=O) groups is 1. The molecule has 1 aromatic carbocycles. The van der Waals surface area contributed by atoms with E-state index in [-0.39, 0.29) is 11.9 Å². The van der Waals surface area contributed by atoms with Crippen LogP contribution < -0.4 is 15.4 Å². The number of carbonyl (C=O) groups excluding carboxylic acids is 1. The second kappa shape index (κ2) is 6.58. The summed E-state index contributed by atoms with van der Waals surface area (Å²) < 4.78 is 5.78. The van der Waals surface area contributed by atoms with Gasteiger partial charge in [-0.25, -0.2) is 0 Å². The molecular weight excluding hydrogens is 278 g/mol. The Hall–Kier alpha value is -2.40. The van der Waals surface area contributed by atoms with Crippen molar-refractivity contribution in [3.63, 3.8) is 0 Å². The largest absolute Gasteiger partial charge is 0.455 e. The lowest BCUT2D eigenvalue weighted by atomic mass is 10.1. The molecule has 1 aromatic heterocycles. The summed E-state index contributed by atoms with van der Waals surface area (Å²) in [5, 5.41) is 6.14. The molecule has 0 bridgehead atoms. The van der Waals surface area contributed by atoms with Gasteiger partial charge >= 0.3 is 0 Å². The average molecular weight is 297 g/mol. The van der Waals surface area contributed by atoms with Crippen LogP contribution in [-0.4, -0.2) is 23.5 Å². The summed E-state index contributed by atoms with van der Waals surface area (Å²) in [4.78, 5) is 16.1. The number of rotatable bonds is 4. The molecule has 114 valence electrons. The molecule has 2 aromatic rings. The third kappa shape index (κ3) is 3.43. The maximum absolute atomic E-state index is 12.1. The predicted octanol–water partition coefficient (Wildman–Crippen LogP) is 2.87. The molecule has 2 N–H and O–H groups in total. The predicted molar refractivity (Wildman–Crippen MR) is 85.1 cm³/mol. The first-order chi connectivity index (χ1) is 10.7. The highest BCUT2D eigenvalue weighted by Gasteiger charge is 2.21. The number of benzene rings is 1. The first kappa shape index (κ1) is 14.5. The van der Waals surface area contributed by atoms with Crippen LogP contribution >= 0.6 is 0 Å². The summed E-state index contributed by atoms with van der Waals surface area (Å²) in [5.41, 5.74) is 1.75. The molecule has 1 amide bonds.